The van der Waals surface area contributed by atoms with Crippen LogP contribution in [0, 0.1) is 5.92 Å². The van der Waals surface area contributed by atoms with Gasteiger partial charge in [0.05, 0.1) is 27.4 Å². The van der Waals surface area contributed by atoms with Crippen LogP contribution in [0.3, 0.4) is 0 Å². The van der Waals surface area contributed by atoms with E-state index in [1.165, 1.54) is 6.07 Å². The maximum absolute atomic E-state index is 13.3. The van der Waals surface area contributed by atoms with Gasteiger partial charge in [0.2, 0.25) is 5.95 Å². The van der Waals surface area contributed by atoms with Crippen molar-refractivity contribution in [3.8, 4) is 0 Å². The molecular weight excluding hydrogens is 505 g/mol. The van der Waals surface area contributed by atoms with E-state index in [1.807, 2.05) is 0 Å². The molecule has 0 radical (unpaired) electrons. The van der Waals surface area contributed by atoms with Crippen molar-refractivity contribution in [3.63, 3.8) is 0 Å². The zero-order valence-electron chi connectivity index (χ0n) is 19.6. The fraction of sp³-hybridized carbons (Fsp3) is 0.320. The number of para-hydroxylation sites is 1. The number of pyridine rings is 1. The second-order valence-electron chi connectivity index (χ2n) is 8.87. The van der Waals surface area contributed by atoms with Crippen molar-refractivity contribution in [2.75, 3.05) is 24.5 Å². The molecule has 2 amide bonds. The number of fused-ring (bicyclic) bond motifs is 1. The molecule has 1 aromatic carbocycles. The second kappa shape index (κ2) is 10.5. The van der Waals surface area contributed by atoms with Crippen molar-refractivity contribution in [1.82, 2.24) is 25.6 Å². The second-order valence-corrected chi connectivity index (χ2v) is 9.89. The normalized spacial score (nSPS) is 18.1. The van der Waals surface area contributed by atoms with Crippen LogP contribution in [0.5, 0.6) is 0 Å². The van der Waals surface area contributed by atoms with E-state index < -0.39 is 22.9 Å². The first-order chi connectivity index (χ1) is 17.8. The molecule has 0 unspecified atom stereocenters. The number of anilines is 1. The van der Waals surface area contributed by atoms with E-state index in [0.717, 1.165) is 50.3 Å². The van der Waals surface area contributed by atoms with Gasteiger partial charge >= 0.3 is 6.18 Å². The van der Waals surface area contributed by atoms with Crippen LogP contribution in [0.25, 0.3) is 17.0 Å². The highest BCUT2D eigenvalue weighted by Gasteiger charge is 2.33. The minimum Gasteiger partial charge on any atom is -0.341 e. The number of carbonyl (C=O) groups is 2. The van der Waals surface area contributed by atoms with E-state index in [0.29, 0.717) is 40.1 Å². The number of benzene rings is 1. The van der Waals surface area contributed by atoms with Crippen LogP contribution in [0.4, 0.5) is 23.9 Å². The summed E-state index contributed by atoms with van der Waals surface area (Å²) in [6.07, 6.45) is 0.555. The van der Waals surface area contributed by atoms with Crippen LogP contribution < -0.4 is 15.5 Å². The molecule has 2 N–H and O–H groups in total. The van der Waals surface area contributed by atoms with E-state index in [2.05, 4.69) is 30.5 Å². The number of thioether (sulfide) groups is 1. The first kappa shape index (κ1) is 25.2. The lowest BCUT2D eigenvalue weighted by atomic mass is 9.97. The van der Waals surface area contributed by atoms with Gasteiger partial charge in [-0.25, -0.2) is 9.97 Å². The third-order valence-electron chi connectivity index (χ3n) is 6.31. The third kappa shape index (κ3) is 5.91. The van der Waals surface area contributed by atoms with Crippen LogP contribution in [0.2, 0.25) is 0 Å². The summed E-state index contributed by atoms with van der Waals surface area (Å²) in [5.74, 6) is 0.539. The third-order valence-corrected chi connectivity index (χ3v) is 7.12. The molecule has 0 bridgehead atoms. The van der Waals surface area contributed by atoms with Crippen LogP contribution in [0.15, 0.2) is 47.5 Å². The average molecular weight is 529 g/mol. The lowest BCUT2D eigenvalue weighted by Gasteiger charge is -2.32. The van der Waals surface area contributed by atoms with Gasteiger partial charge in [0, 0.05) is 31.2 Å². The zero-order chi connectivity index (χ0) is 26.0. The van der Waals surface area contributed by atoms with E-state index in [-0.39, 0.29) is 5.52 Å². The van der Waals surface area contributed by atoms with Crippen molar-refractivity contribution < 1.29 is 22.8 Å². The number of carbonyl (C=O) groups excluding carboxylic acids is 2. The number of piperidine rings is 1. The number of hydrogen-bond donors (Lipinski definition) is 2. The molecule has 5 rings (SSSR count). The zero-order valence-corrected chi connectivity index (χ0v) is 20.4. The van der Waals surface area contributed by atoms with Gasteiger partial charge in [0.15, 0.2) is 0 Å². The standard InChI is InChI=1S/C25H23F3N6O2S/c26-25(27,28)19-3-1-2-16-4-5-18(31-21(16)19)14-29-13-15-7-10-34(11-8-15)23-30-9-6-17(32-23)12-20-22(35)33-24(36)37-20/h1-6,9,12,15,29H,7-8,10-11,13-14H2,(H,33,35,36)/b20-12+. The van der Waals surface area contributed by atoms with Gasteiger partial charge in [-0.15, -0.1) is 0 Å². The highest BCUT2D eigenvalue weighted by Crippen LogP contribution is 2.34. The summed E-state index contributed by atoms with van der Waals surface area (Å²) in [6, 6.07) is 9.19. The molecule has 4 heterocycles. The fourth-order valence-electron chi connectivity index (χ4n) is 4.41. The summed E-state index contributed by atoms with van der Waals surface area (Å²) >= 11 is 0.844. The SMILES string of the molecule is O=C1NC(=O)/C(=C\c2ccnc(N3CCC(CNCc4ccc5cccc(C(F)(F)F)c5n4)CC3)n2)S1. The van der Waals surface area contributed by atoms with Gasteiger partial charge in [-0.2, -0.15) is 13.2 Å². The predicted molar refractivity (Wildman–Crippen MR) is 135 cm³/mol. The van der Waals surface area contributed by atoms with E-state index in [1.54, 1.807) is 36.5 Å². The molecule has 2 saturated heterocycles. The summed E-state index contributed by atoms with van der Waals surface area (Å²) in [4.78, 5) is 38.7. The molecular formula is C25H23F3N6O2S. The van der Waals surface area contributed by atoms with Crippen molar-refractivity contribution in [3.05, 3.63) is 64.5 Å². The number of rotatable bonds is 6. The first-order valence-corrected chi connectivity index (χ1v) is 12.6. The largest absolute Gasteiger partial charge is 0.418 e. The highest BCUT2D eigenvalue weighted by molar-refractivity contribution is 8.18. The summed E-state index contributed by atoms with van der Waals surface area (Å²) in [7, 11) is 0. The predicted octanol–water partition coefficient (Wildman–Crippen LogP) is 4.37. The molecule has 2 aromatic heterocycles. The van der Waals surface area contributed by atoms with Gasteiger partial charge in [-0.3, -0.25) is 19.9 Å². The van der Waals surface area contributed by atoms with Gasteiger partial charge in [-0.05, 0) is 61.3 Å². The van der Waals surface area contributed by atoms with E-state index >= 15 is 0 Å². The van der Waals surface area contributed by atoms with Crippen molar-refractivity contribution in [1.29, 1.82) is 0 Å². The van der Waals surface area contributed by atoms with Gasteiger partial charge in [-0.1, -0.05) is 18.2 Å². The van der Waals surface area contributed by atoms with Crippen molar-refractivity contribution in [2.45, 2.75) is 25.6 Å². The monoisotopic (exact) mass is 528 g/mol. The topological polar surface area (TPSA) is 100 Å². The highest BCUT2D eigenvalue weighted by atomic mass is 32.2. The van der Waals surface area contributed by atoms with Crippen LogP contribution >= 0.6 is 11.8 Å². The number of aromatic nitrogens is 3. The molecule has 12 heteroatoms. The maximum Gasteiger partial charge on any atom is 0.418 e. The van der Waals surface area contributed by atoms with Gasteiger partial charge < -0.3 is 10.2 Å². The van der Waals surface area contributed by atoms with Gasteiger partial charge in [0.25, 0.3) is 11.1 Å². The number of nitrogens with zero attached hydrogens (tertiary/aromatic N) is 4. The van der Waals surface area contributed by atoms with Gasteiger partial charge in [0.1, 0.15) is 0 Å². The molecule has 192 valence electrons. The lowest BCUT2D eigenvalue weighted by Crippen LogP contribution is -2.38. The number of imide groups is 1. The Labute approximate surface area is 214 Å². The molecule has 0 atom stereocenters. The van der Waals surface area contributed by atoms with E-state index in [4.69, 9.17) is 0 Å². The molecule has 0 aliphatic carbocycles. The van der Waals surface area contributed by atoms with Crippen molar-refractivity contribution >= 4 is 45.8 Å². The number of alkyl halides is 3. The quantitative estimate of drug-likeness (QED) is 0.455. The number of halogens is 3. The Morgan fingerprint density at radius 1 is 1.11 bits per heavy atom. The molecule has 3 aromatic rings. The average Bonchev–Trinajstić information content (AvgIpc) is 3.19. The lowest BCUT2D eigenvalue weighted by molar-refractivity contribution is -0.136. The van der Waals surface area contributed by atoms with Crippen LogP contribution in [-0.4, -0.2) is 45.7 Å². The minimum atomic E-state index is -4.45. The fourth-order valence-corrected chi connectivity index (χ4v) is 5.07. The molecule has 0 spiro atoms. The van der Waals surface area contributed by atoms with Crippen molar-refractivity contribution in [2.24, 2.45) is 5.92 Å². The van der Waals surface area contributed by atoms with Crippen LogP contribution in [0.1, 0.15) is 29.8 Å². The Hall–Kier alpha value is -3.51. The molecule has 2 aliphatic rings. The first-order valence-electron chi connectivity index (χ1n) is 11.8. The maximum atomic E-state index is 13.3. The Bertz CT molecular complexity index is 1370. The molecule has 2 aliphatic heterocycles. The summed E-state index contributed by atoms with van der Waals surface area (Å²) in [6.45, 7) is 2.62. The Morgan fingerprint density at radius 2 is 1.92 bits per heavy atom. The molecule has 2 fully saturated rings. The van der Waals surface area contributed by atoms with Crippen LogP contribution in [-0.2, 0) is 17.5 Å². The number of hydrogen-bond acceptors (Lipinski definition) is 8. The summed E-state index contributed by atoms with van der Waals surface area (Å²) in [5, 5.41) is 5.62. The molecule has 37 heavy (non-hydrogen) atoms. The molecule has 0 saturated carbocycles. The minimum absolute atomic E-state index is 0.0285. The number of amides is 2. The number of nitrogens with one attached hydrogen (secondary N) is 2. The molecule has 8 nitrogen and oxygen atoms in total. The smallest absolute Gasteiger partial charge is 0.341 e. The summed E-state index contributed by atoms with van der Waals surface area (Å²) in [5.41, 5.74) is 0.370. The Balaban J connectivity index is 1.14. The Morgan fingerprint density at radius 3 is 2.65 bits per heavy atom. The Kier molecular flexibility index (Phi) is 7.11. The summed E-state index contributed by atoms with van der Waals surface area (Å²) < 4.78 is 40.0. The van der Waals surface area contributed by atoms with E-state index in [9.17, 15) is 22.8 Å².